The highest BCUT2D eigenvalue weighted by molar-refractivity contribution is 6.18. The molecule has 0 fully saturated rings. The lowest BCUT2D eigenvalue weighted by Crippen LogP contribution is -2.14. The van der Waals surface area contributed by atoms with Crippen molar-refractivity contribution in [3.05, 3.63) is 29.8 Å². The number of carboxylic acids is 1. The van der Waals surface area contributed by atoms with Crippen LogP contribution in [0.3, 0.4) is 0 Å². The van der Waals surface area contributed by atoms with Gasteiger partial charge in [0.1, 0.15) is 6.61 Å². The van der Waals surface area contributed by atoms with E-state index in [4.69, 9.17) is 21.4 Å². The van der Waals surface area contributed by atoms with Crippen molar-refractivity contribution in [2.24, 2.45) is 0 Å². The van der Waals surface area contributed by atoms with Gasteiger partial charge in [-0.05, 0) is 17.7 Å². The molecule has 5 nitrogen and oxygen atoms in total. The molecule has 92 valence electrons. The van der Waals surface area contributed by atoms with Gasteiger partial charge < -0.3 is 9.84 Å². The number of carbonyl (C=O) groups is 2. The molecule has 0 bridgehead atoms. The van der Waals surface area contributed by atoms with Gasteiger partial charge in [0, 0.05) is 5.69 Å². The average Bonchev–Trinajstić information content (AvgIpc) is 2.28. The molecule has 0 aliphatic heterocycles. The zero-order chi connectivity index (χ0) is 12.7. The molecule has 0 heterocycles. The summed E-state index contributed by atoms with van der Waals surface area (Å²) in [6, 6.07) is 6.48. The van der Waals surface area contributed by atoms with Crippen molar-refractivity contribution >= 4 is 29.4 Å². The predicted molar refractivity (Wildman–Crippen MR) is 63.5 cm³/mol. The van der Waals surface area contributed by atoms with E-state index in [9.17, 15) is 9.59 Å². The second kappa shape index (κ2) is 6.75. The van der Waals surface area contributed by atoms with Crippen molar-refractivity contribution in [3.8, 4) is 0 Å². The Bertz CT molecular complexity index is 391. The largest absolute Gasteiger partial charge is 0.481 e. The van der Waals surface area contributed by atoms with Crippen molar-refractivity contribution in [2.45, 2.75) is 6.42 Å². The third-order valence-electron chi connectivity index (χ3n) is 1.87. The van der Waals surface area contributed by atoms with E-state index in [0.717, 1.165) is 0 Å². The summed E-state index contributed by atoms with van der Waals surface area (Å²) in [5, 5.41) is 11.1. The molecule has 0 unspecified atom stereocenters. The lowest BCUT2D eigenvalue weighted by atomic mass is 10.1. The fraction of sp³-hybridized carbons (Fsp3) is 0.273. The Hall–Kier alpha value is -1.75. The average molecular weight is 258 g/mol. The topological polar surface area (TPSA) is 75.6 Å². The molecule has 1 amide bonds. The van der Waals surface area contributed by atoms with E-state index in [-0.39, 0.29) is 18.9 Å². The van der Waals surface area contributed by atoms with Gasteiger partial charge in [-0.2, -0.15) is 0 Å². The van der Waals surface area contributed by atoms with Crippen LogP contribution < -0.4 is 5.32 Å². The summed E-state index contributed by atoms with van der Waals surface area (Å²) in [5.41, 5.74) is 1.20. The molecule has 6 heteroatoms. The Kier molecular flexibility index (Phi) is 5.29. The Morgan fingerprint density at radius 3 is 2.47 bits per heavy atom. The number of anilines is 1. The lowest BCUT2D eigenvalue weighted by molar-refractivity contribution is -0.136. The minimum Gasteiger partial charge on any atom is -0.481 e. The lowest BCUT2D eigenvalue weighted by Gasteiger charge is -2.06. The molecule has 0 saturated heterocycles. The first-order valence-electron chi connectivity index (χ1n) is 4.92. The molecule has 0 aromatic heterocycles. The number of alkyl halides is 1. The Balaban J connectivity index is 2.50. The zero-order valence-corrected chi connectivity index (χ0v) is 9.74. The maximum Gasteiger partial charge on any atom is 0.411 e. The number of benzene rings is 1. The van der Waals surface area contributed by atoms with E-state index in [0.29, 0.717) is 11.3 Å². The van der Waals surface area contributed by atoms with Crippen LogP contribution >= 0.6 is 11.6 Å². The van der Waals surface area contributed by atoms with Gasteiger partial charge in [-0.1, -0.05) is 12.1 Å². The van der Waals surface area contributed by atoms with E-state index in [1.807, 2.05) is 0 Å². The normalized spacial score (nSPS) is 9.71. The van der Waals surface area contributed by atoms with E-state index < -0.39 is 12.1 Å². The highest BCUT2D eigenvalue weighted by atomic mass is 35.5. The van der Waals surface area contributed by atoms with Crippen LogP contribution in [0.15, 0.2) is 24.3 Å². The van der Waals surface area contributed by atoms with Gasteiger partial charge in [0.25, 0.3) is 0 Å². The van der Waals surface area contributed by atoms with Crippen LogP contribution in [-0.4, -0.2) is 29.7 Å². The molecule has 2 N–H and O–H groups in total. The molecule has 1 aromatic carbocycles. The van der Waals surface area contributed by atoms with Crippen LogP contribution in [0.4, 0.5) is 10.5 Å². The number of carboxylic acid groups (broad SMARTS) is 1. The monoisotopic (exact) mass is 257 g/mol. The first-order valence-corrected chi connectivity index (χ1v) is 5.45. The third kappa shape index (κ3) is 5.21. The molecule has 1 rings (SSSR count). The number of halogens is 1. The number of aliphatic carboxylic acids is 1. The fourth-order valence-electron chi connectivity index (χ4n) is 1.17. The Morgan fingerprint density at radius 2 is 1.94 bits per heavy atom. The SMILES string of the molecule is O=C(O)Cc1ccc(NC(=O)OCCCl)cc1. The number of ether oxygens (including phenoxy) is 1. The third-order valence-corrected chi connectivity index (χ3v) is 2.02. The van der Waals surface area contributed by atoms with Crippen molar-refractivity contribution in [3.63, 3.8) is 0 Å². The standard InChI is InChI=1S/C11H12ClNO4/c12-5-6-17-11(16)13-9-3-1-8(2-4-9)7-10(14)15/h1-4H,5-7H2,(H,13,16)(H,14,15). The maximum absolute atomic E-state index is 11.1. The van der Waals surface area contributed by atoms with E-state index >= 15 is 0 Å². The van der Waals surface area contributed by atoms with Gasteiger partial charge in [-0.15, -0.1) is 11.6 Å². The second-order valence-electron chi connectivity index (χ2n) is 3.22. The summed E-state index contributed by atoms with van der Waals surface area (Å²) in [7, 11) is 0. The number of amides is 1. The highest BCUT2D eigenvalue weighted by Gasteiger charge is 2.03. The van der Waals surface area contributed by atoms with E-state index in [2.05, 4.69) is 5.32 Å². The smallest absolute Gasteiger partial charge is 0.411 e. The van der Waals surface area contributed by atoms with E-state index in [1.165, 1.54) is 0 Å². The molecule has 0 atom stereocenters. The van der Waals surface area contributed by atoms with Crippen LogP contribution in [0.25, 0.3) is 0 Å². The van der Waals surface area contributed by atoms with Crippen molar-refractivity contribution in [1.82, 2.24) is 0 Å². The van der Waals surface area contributed by atoms with Gasteiger partial charge in [-0.25, -0.2) is 4.79 Å². The Labute approximate surface area is 103 Å². The Morgan fingerprint density at radius 1 is 1.29 bits per heavy atom. The van der Waals surface area contributed by atoms with E-state index in [1.54, 1.807) is 24.3 Å². The molecular weight excluding hydrogens is 246 g/mol. The summed E-state index contributed by atoms with van der Waals surface area (Å²) in [6.45, 7) is 0.143. The maximum atomic E-state index is 11.1. The molecule has 0 spiro atoms. The summed E-state index contributed by atoms with van der Waals surface area (Å²) >= 11 is 5.36. The summed E-state index contributed by atoms with van der Waals surface area (Å²) in [6.07, 6.45) is -0.631. The highest BCUT2D eigenvalue weighted by Crippen LogP contribution is 2.10. The van der Waals surface area contributed by atoms with Crippen LogP contribution in [0, 0.1) is 0 Å². The molecular formula is C11H12ClNO4. The van der Waals surface area contributed by atoms with Crippen molar-refractivity contribution in [1.29, 1.82) is 0 Å². The summed E-state index contributed by atoms with van der Waals surface area (Å²) < 4.78 is 4.71. The van der Waals surface area contributed by atoms with Gasteiger partial charge >= 0.3 is 12.1 Å². The first kappa shape index (κ1) is 13.3. The van der Waals surface area contributed by atoms with Gasteiger partial charge in [0.15, 0.2) is 0 Å². The second-order valence-corrected chi connectivity index (χ2v) is 3.60. The summed E-state index contributed by atoms with van der Waals surface area (Å²) in [5.74, 6) is -0.655. The van der Waals surface area contributed by atoms with Gasteiger partial charge in [-0.3, -0.25) is 10.1 Å². The van der Waals surface area contributed by atoms with Crippen molar-refractivity contribution < 1.29 is 19.4 Å². The minimum absolute atomic E-state index is 0.0447. The van der Waals surface area contributed by atoms with Crippen molar-refractivity contribution in [2.75, 3.05) is 17.8 Å². The van der Waals surface area contributed by atoms with Crippen LogP contribution in [0.5, 0.6) is 0 Å². The zero-order valence-electron chi connectivity index (χ0n) is 8.98. The van der Waals surface area contributed by atoms with Crippen LogP contribution in [-0.2, 0) is 16.0 Å². The molecule has 17 heavy (non-hydrogen) atoms. The summed E-state index contributed by atoms with van der Waals surface area (Å²) in [4.78, 5) is 21.6. The molecule has 0 aliphatic carbocycles. The molecule has 0 saturated carbocycles. The predicted octanol–water partition coefficient (Wildman–Crippen LogP) is 2.10. The van der Waals surface area contributed by atoms with Gasteiger partial charge in [0.05, 0.1) is 12.3 Å². The number of hydrogen-bond donors (Lipinski definition) is 2. The molecule has 0 aliphatic rings. The molecule has 0 radical (unpaired) electrons. The van der Waals surface area contributed by atoms with Gasteiger partial charge in [0.2, 0.25) is 0 Å². The number of carbonyl (C=O) groups excluding carboxylic acids is 1. The number of hydrogen-bond acceptors (Lipinski definition) is 3. The fourth-order valence-corrected chi connectivity index (χ4v) is 1.24. The van der Waals surface area contributed by atoms with Crippen LogP contribution in [0.1, 0.15) is 5.56 Å². The quantitative estimate of drug-likeness (QED) is 0.792. The van der Waals surface area contributed by atoms with Crippen LogP contribution in [0.2, 0.25) is 0 Å². The number of rotatable bonds is 5. The minimum atomic E-state index is -0.896. The first-order chi connectivity index (χ1) is 8.11. The molecule has 1 aromatic rings. The number of nitrogens with one attached hydrogen (secondary N) is 1.